The third-order valence-corrected chi connectivity index (χ3v) is 5.23. The van der Waals surface area contributed by atoms with E-state index in [1.54, 1.807) is 0 Å². The number of rotatable bonds is 4. The molecule has 0 radical (unpaired) electrons. The van der Waals surface area contributed by atoms with Gasteiger partial charge in [0.25, 0.3) is 5.56 Å². The van der Waals surface area contributed by atoms with Crippen molar-refractivity contribution in [1.29, 1.82) is 0 Å². The Hall–Kier alpha value is -2.66. The van der Waals surface area contributed by atoms with Crippen LogP contribution in [0.2, 0.25) is 0 Å². The topological polar surface area (TPSA) is 62.1 Å². The second-order valence-electron chi connectivity index (χ2n) is 7.24. The summed E-state index contributed by atoms with van der Waals surface area (Å²) in [6, 6.07) is 14.1. The largest absolute Gasteiger partial charge is 0.460 e. The first-order valence-corrected chi connectivity index (χ1v) is 9.25. The Morgan fingerprint density at radius 1 is 1.15 bits per heavy atom. The van der Waals surface area contributed by atoms with Gasteiger partial charge < -0.3 is 9.40 Å². The molecular formula is C21H21N3O2. The molecule has 1 fully saturated rings. The van der Waals surface area contributed by atoms with Gasteiger partial charge >= 0.3 is 0 Å². The van der Waals surface area contributed by atoms with E-state index in [1.165, 1.54) is 0 Å². The number of hydrogen-bond donors (Lipinski definition) is 1. The van der Waals surface area contributed by atoms with Crippen molar-refractivity contribution in [2.75, 3.05) is 6.54 Å². The third-order valence-electron chi connectivity index (χ3n) is 5.23. The molecule has 1 aromatic carbocycles. The van der Waals surface area contributed by atoms with Gasteiger partial charge in [-0.05, 0) is 25.0 Å². The molecule has 0 atom stereocenters. The molecule has 1 N–H and O–H groups in total. The van der Waals surface area contributed by atoms with Crippen LogP contribution in [0.3, 0.4) is 0 Å². The molecule has 132 valence electrons. The van der Waals surface area contributed by atoms with Crippen molar-refractivity contribution >= 4 is 0 Å². The molecule has 5 rings (SSSR count). The molecular weight excluding hydrogens is 326 g/mol. The van der Waals surface area contributed by atoms with Gasteiger partial charge in [-0.25, -0.2) is 4.98 Å². The summed E-state index contributed by atoms with van der Waals surface area (Å²) in [5.74, 6) is 3.17. The van der Waals surface area contributed by atoms with E-state index in [4.69, 9.17) is 9.40 Å². The minimum atomic E-state index is 0.0334. The molecule has 5 nitrogen and oxygen atoms in total. The van der Waals surface area contributed by atoms with Crippen LogP contribution in [0, 0.1) is 0 Å². The van der Waals surface area contributed by atoms with Crippen LogP contribution in [0.25, 0.3) is 11.3 Å². The van der Waals surface area contributed by atoms with Crippen molar-refractivity contribution in [3.63, 3.8) is 0 Å². The Kier molecular flexibility index (Phi) is 3.75. The van der Waals surface area contributed by atoms with E-state index >= 15 is 0 Å². The summed E-state index contributed by atoms with van der Waals surface area (Å²) < 4.78 is 6.01. The van der Waals surface area contributed by atoms with Gasteiger partial charge in [-0.1, -0.05) is 30.3 Å². The fourth-order valence-electron chi connectivity index (χ4n) is 3.63. The minimum absolute atomic E-state index is 0.0334. The van der Waals surface area contributed by atoms with E-state index in [0.717, 1.165) is 60.0 Å². The van der Waals surface area contributed by atoms with Gasteiger partial charge in [-0.15, -0.1) is 0 Å². The summed E-state index contributed by atoms with van der Waals surface area (Å²) in [5, 5.41) is 0. The molecule has 3 heterocycles. The molecule has 0 bridgehead atoms. The molecule has 3 aromatic rings. The number of benzene rings is 1. The molecule has 2 aliphatic rings. The van der Waals surface area contributed by atoms with Crippen LogP contribution >= 0.6 is 0 Å². The highest BCUT2D eigenvalue weighted by Crippen LogP contribution is 2.37. The molecule has 0 unspecified atom stereocenters. The summed E-state index contributed by atoms with van der Waals surface area (Å²) in [6.07, 6.45) is 3.12. The van der Waals surface area contributed by atoms with Gasteiger partial charge in [0, 0.05) is 31.0 Å². The van der Waals surface area contributed by atoms with Crippen molar-refractivity contribution in [2.24, 2.45) is 0 Å². The quantitative estimate of drug-likeness (QED) is 0.785. The monoisotopic (exact) mass is 347 g/mol. The van der Waals surface area contributed by atoms with Crippen molar-refractivity contribution in [1.82, 2.24) is 14.9 Å². The fraction of sp³-hybridized carbons (Fsp3) is 0.333. The Morgan fingerprint density at radius 3 is 2.81 bits per heavy atom. The number of fused-ring (bicyclic) bond motifs is 1. The Bertz CT molecular complexity index is 986. The van der Waals surface area contributed by atoms with Crippen LogP contribution in [0.15, 0.2) is 51.7 Å². The summed E-state index contributed by atoms with van der Waals surface area (Å²) in [5.41, 5.74) is 2.91. The number of aromatic amines is 1. The normalized spacial score (nSPS) is 17.2. The third kappa shape index (κ3) is 2.99. The lowest BCUT2D eigenvalue weighted by molar-refractivity contribution is 0.223. The molecule has 0 saturated heterocycles. The first-order chi connectivity index (χ1) is 12.8. The molecule has 0 spiro atoms. The predicted molar refractivity (Wildman–Crippen MR) is 98.8 cm³/mol. The number of hydrogen-bond acceptors (Lipinski definition) is 4. The van der Waals surface area contributed by atoms with E-state index in [-0.39, 0.29) is 5.56 Å². The highest BCUT2D eigenvalue weighted by Gasteiger charge is 2.29. The van der Waals surface area contributed by atoms with Gasteiger partial charge in [0.05, 0.1) is 17.8 Å². The average molecular weight is 347 g/mol. The molecule has 5 heteroatoms. The molecule has 1 aliphatic heterocycles. The number of H-pyrrole nitrogens is 1. The van der Waals surface area contributed by atoms with Crippen molar-refractivity contribution < 1.29 is 4.42 Å². The van der Waals surface area contributed by atoms with Gasteiger partial charge in [0.15, 0.2) is 0 Å². The van der Waals surface area contributed by atoms with E-state index in [1.807, 2.05) is 42.5 Å². The maximum atomic E-state index is 12.5. The maximum Gasteiger partial charge on any atom is 0.255 e. The van der Waals surface area contributed by atoms with Crippen LogP contribution < -0.4 is 5.56 Å². The lowest BCUT2D eigenvalue weighted by Crippen LogP contribution is -2.35. The smallest absolute Gasteiger partial charge is 0.255 e. The summed E-state index contributed by atoms with van der Waals surface area (Å²) >= 11 is 0. The average Bonchev–Trinajstić information content (AvgIpc) is 3.42. The summed E-state index contributed by atoms with van der Waals surface area (Å²) in [4.78, 5) is 22.4. The Balaban J connectivity index is 1.32. The minimum Gasteiger partial charge on any atom is -0.460 e. The zero-order valence-electron chi connectivity index (χ0n) is 14.6. The van der Waals surface area contributed by atoms with E-state index in [2.05, 4.69) is 9.88 Å². The molecule has 0 amide bonds. The SMILES string of the molecule is O=c1[nH]c(C2CC2)nc2c1CN(Cc1ccc(-c3ccccc3)o1)CC2. The van der Waals surface area contributed by atoms with Crippen molar-refractivity contribution in [3.05, 3.63) is 75.7 Å². The van der Waals surface area contributed by atoms with E-state index in [9.17, 15) is 4.79 Å². The van der Waals surface area contributed by atoms with Gasteiger partial charge in [0.2, 0.25) is 0 Å². The standard InChI is InChI=1S/C21H21N3O2/c25-21-17-13-24(11-10-18(17)22-20(23-21)15-6-7-15)12-16-8-9-19(26-16)14-4-2-1-3-5-14/h1-5,8-9,15H,6-7,10-13H2,(H,22,23,25). The van der Waals surface area contributed by atoms with E-state index < -0.39 is 0 Å². The zero-order chi connectivity index (χ0) is 17.5. The lowest BCUT2D eigenvalue weighted by atomic mass is 10.1. The molecule has 26 heavy (non-hydrogen) atoms. The molecule has 2 aromatic heterocycles. The van der Waals surface area contributed by atoms with Crippen molar-refractivity contribution in [2.45, 2.75) is 38.3 Å². The van der Waals surface area contributed by atoms with Gasteiger partial charge in [-0.3, -0.25) is 9.69 Å². The number of nitrogens with zero attached hydrogens (tertiary/aromatic N) is 2. The first-order valence-electron chi connectivity index (χ1n) is 9.25. The zero-order valence-corrected chi connectivity index (χ0v) is 14.6. The first kappa shape index (κ1) is 15.6. The number of furan rings is 1. The fourth-order valence-corrected chi connectivity index (χ4v) is 3.63. The van der Waals surface area contributed by atoms with Crippen molar-refractivity contribution in [3.8, 4) is 11.3 Å². The predicted octanol–water partition coefficient (Wildman–Crippen LogP) is 3.47. The van der Waals surface area contributed by atoms with Crippen LogP contribution in [-0.4, -0.2) is 21.4 Å². The second kappa shape index (κ2) is 6.25. The molecule has 1 aliphatic carbocycles. The Labute approximate surface area is 151 Å². The maximum absolute atomic E-state index is 12.5. The van der Waals surface area contributed by atoms with Crippen LogP contribution in [0.1, 0.15) is 41.6 Å². The number of nitrogens with one attached hydrogen (secondary N) is 1. The second-order valence-corrected chi connectivity index (χ2v) is 7.24. The summed E-state index contributed by atoms with van der Waals surface area (Å²) in [6.45, 7) is 2.23. The highest BCUT2D eigenvalue weighted by molar-refractivity contribution is 5.57. The van der Waals surface area contributed by atoms with Crippen LogP contribution in [-0.2, 0) is 19.5 Å². The molecule has 1 saturated carbocycles. The number of aromatic nitrogens is 2. The van der Waals surface area contributed by atoms with E-state index in [0.29, 0.717) is 19.0 Å². The Morgan fingerprint density at radius 2 is 2.00 bits per heavy atom. The van der Waals surface area contributed by atoms with Crippen LogP contribution in [0.4, 0.5) is 0 Å². The highest BCUT2D eigenvalue weighted by atomic mass is 16.3. The lowest BCUT2D eigenvalue weighted by Gasteiger charge is -2.26. The van der Waals surface area contributed by atoms with Crippen LogP contribution in [0.5, 0.6) is 0 Å². The van der Waals surface area contributed by atoms with Gasteiger partial charge in [0.1, 0.15) is 17.3 Å². The van der Waals surface area contributed by atoms with Gasteiger partial charge in [-0.2, -0.15) is 0 Å². The summed E-state index contributed by atoms with van der Waals surface area (Å²) in [7, 11) is 0.